The van der Waals surface area contributed by atoms with Crippen LogP contribution in [-0.2, 0) is 14.8 Å². The van der Waals surface area contributed by atoms with Crippen molar-refractivity contribution in [1.82, 2.24) is 4.72 Å². The molecule has 2 rings (SSSR count). The van der Waals surface area contributed by atoms with E-state index < -0.39 is 26.7 Å². The van der Waals surface area contributed by atoms with Gasteiger partial charge in [0.25, 0.3) is 5.69 Å². The largest absolute Gasteiger partial charge is 0.377 e. The molecule has 0 aliphatic carbocycles. The van der Waals surface area contributed by atoms with Crippen LogP contribution in [0.1, 0.15) is 19.8 Å². The molecule has 1 fully saturated rings. The molecule has 1 aliphatic heterocycles. The zero-order chi connectivity index (χ0) is 15.6. The lowest BCUT2D eigenvalue weighted by Gasteiger charge is -2.19. The zero-order valence-electron chi connectivity index (χ0n) is 11.3. The molecule has 1 saturated heterocycles. The topological polar surface area (TPSA) is 98.5 Å². The lowest BCUT2D eigenvalue weighted by Crippen LogP contribution is -2.40. The van der Waals surface area contributed by atoms with Crippen molar-refractivity contribution in [3.63, 3.8) is 0 Å². The fourth-order valence-corrected chi connectivity index (χ4v) is 3.66. The maximum atomic E-state index is 12.3. The predicted molar refractivity (Wildman–Crippen MR) is 76.9 cm³/mol. The van der Waals surface area contributed by atoms with Gasteiger partial charge in [-0.2, -0.15) is 0 Å². The van der Waals surface area contributed by atoms with E-state index in [1.54, 1.807) is 6.92 Å². The fourth-order valence-electron chi connectivity index (χ4n) is 2.19. The zero-order valence-corrected chi connectivity index (χ0v) is 12.9. The summed E-state index contributed by atoms with van der Waals surface area (Å²) in [4.78, 5) is 9.91. The summed E-state index contributed by atoms with van der Waals surface area (Å²) in [6.07, 6.45) is 1.50. The molecule has 116 valence electrons. The van der Waals surface area contributed by atoms with Crippen molar-refractivity contribution < 1.29 is 18.1 Å². The Labute approximate surface area is 127 Å². The van der Waals surface area contributed by atoms with Gasteiger partial charge in [0.1, 0.15) is 5.02 Å². The van der Waals surface area contributed by atoms with Crippen LogP contribution in [0.3, 0.4) is 0 Å². The van der Waals surface area contributed by atoms with Crippen LogP contribution in [0.15, 0.2) is 23.1 Å². The number of nitrogens with zero attached hydrogens (tertiary/aromatic N) is 1. The normalized spacial score (nSPS) is 20.4. The Balaban J connectivity index is 2.23. The molecule has 2 atom stereocenters. The monoisotopic (exact) mass is 334 g/mol. The summed E-state index contributed by atoms with van der Waals surface area (Å²) in [5.41, 5.74) is -0.440. The molecule has 0 bridgehead atoms. The number of hydrogen-bond donors (Lipinski definition) is 1. The van der Waals surface area contributed by atoms with E-state index in [1.165, 1.54) is 12.1 Å². The molecular weight excluding hydrogens is 320 g/mol. The standard InChI is InChI=1S/C12H15ClN2O5S/c1-8(12-3-2-6-20-12)14-21(18,19)9-4-5-10(13)11(7-9)15(16)17/h4-5,7-8,12,14H,2-3,6H2,1H3. The van der Waals surface area contributed by atoms with Crippen molar-refractivity contribution in [3.8, 4) is 0 Å². The Morgan fingerprint density at radius 3 is 2.81 bits per heavy atom. The average Bonchev–Trinajstić information content (AvgIpc) is 2.92. The minimum Gasteiger partial charge on any atom is -0.377 e. The van der Waals surface area contributed by atoms with E-state index in [1.807, 2.05) is 0 Å². The first-order valence-corrected chi connectivity index (χ1v) is 8.25. The average molecular weight is 335 g/mol. The molecule has 9 heteroatoms. The van der Waals surface area contributed by atoms with Crippen molar-refractivity contribution in [1.29, 1.82) is 0 Å². The molecule has 0 radical (unpaired) electrons. The van der Waals surface area contributed by atoms with Crippen molar-refractivity contribution in [2.24, 2.45) is 0 Å². The highest BCUT2D eigenvalue weighted by atomic mass is 35.5. The molecule has 0 spiro atoms. The molecule has 1 aromatic rings. The highest BCUT2D eigenvalue weighted by molar-refractivity contribution is 7.89. The van der Waals surface area contributed by atoms with Crippen LogP contribution in [0.2, 0.25) is 5.02 Å². The summed E-state index contributed by atoms with van der Waals surface area (Å²) in [6, 6.07) is 2.98. The van der Waals surface area contributed by atoms with Crippen molar-refractivity contribution in [2.45, 2.75) is 36.8 Å². The van der Waals surface area contributed by atoms with Crippen molar-refractivity contribution in [2.75, 3.05) is 6.61 Å². The van der Waals surface area contributed by atoms with Crippen LogP contribution in [0, 0.1) is 10.1 Å². The molecule has 0 saturated carbocycles. The van der Waals surface area contributed by atoms with Gasteiger partial charge < -0.3 is 4.74 Å². The smallest absolute Gasteiger partial charge is 0.289 e. The first-order valence-electron chi connectivity index (χ1n) is 6.39. The summed E-state index contributed by atoms with van der Waals surface area (Å²) in [5.74, 6) is 0. The van der Waals surface area contributed by atoms with Gasteiger partial charge in [-0.05, 0) is 31.9 Å². The van der Waals surface area contributed by atoms with Gasteiger partial charge in [-0.3, -0.25) is 10.1 Å². The molecule has 1 heterocycles. The SMILES string of the molecule is CC(NS(=O)(=O)c1ccc(Cl)c([N+](=O)[O-])c1)C1CCCO1. The van der Waals surface area contributed by atoms with E-state index in [4.69, 9.17) is 16.3 Å². The van der Waals surface area contributed by atoms with Gasteiger partial charge in [0.15, 0.2) is 0 Å². The third-order valence-electron chi connectivity index (χ3n) is 3.29. The van der Waals surface area contributed by atoms with Gasteiger partial charge in [0.2, 0.25) is 10.0 Å². The van der Waals surface area contributed by atoms with E-state index in [0.717, 1.165) is 18.9 Å². The van der Waals surface area contributed by atoms with E-state index in [-0.39, 0.29) is 16.0 Å². The predicted octanol–water partition coefficient (Wildman–Crippen LogP) is 2.09. The molecule has 0 aromatic heterocycles. The summed E-state index contributed by atoms with van der Waals surface area (Å²) in [6.45, 7) is 2.32. The molecule has 1 aromatic carbocycles. The number of ether oxygens (including phenoxy) is 1. The maximum absolute atomic E-state index is 12.3. The Morgan fingerprint density at radius 1 is 1.52 bits per heavy atom. The fraction of sp³-hybridized carbons (Fsp3) is 0.500. The van der Waals surface area contributed by atoms with E-state index in [0.29, 0.717) is 6.61 Å². The molecule has 21 heavy (non-hydrogen) atoms. The molecular formula is C12H15ClN2O5S. The van der Waals surface area contributed by atoms with Crippen LogP contribution in [0.4, 0.5) is 5.69 Å². The molecule has 7 nitrogen and oxygen atoms in total. The minimum absolute atomic E-state index is 0.105. The lowest BCUT2D eigenvalue weighted by atomic mass is 10.1. The summed E-state index contributed by atoms with van der Waals surface area (Å²) in [7, 11) is -3.86. The van der Waals surface area contributed by atoms with Crippen molar-refractivity contribution in [3.05, 3.63) is 33.3 Å². The Hall–Kier alpha value is -1.22. The minimum atomic E-state index is -3.86. The van der Waals surface area contributed by atoms with Gasteiger partial charge in [-0.15, -0.1) is 0 Å². The number of halogens is 1. The lowest BCUT2D eigenvalue weighted by molar-refractivity contribution is -0.384. The highest BCUT2D eigenvalue weighted by Gasteiger charge is 2.28. The van der Waals surface area contributed by atoms with Gasteiger partial charge in [-0.25, -0.2) is 13.1 Å². The van der Waals surface area contributed by atoms with Gasteiger partial charge >= 0.3 is 0 Å². The summed E-state index contributed by atoms with van der Waals surface area (Å²) < 4.78 is 32.4. The molecule has 1 aliphatic rings. The van der Waals surface area contributed by atoms with Gasteiger partial charge in [-0.1, -0.05) is 11.6 Å². The van der Waals surface area contributed by atoms with Crippen molar-refractivity contribution >= 4 is 27.3 Å². The van der Waals surface area contributed by atoms with Crippen LogP contribution in [0.25, 0.3) is 0 Å². The quantitative estimate of drug-likeness (QED) is 0.656. The summed E-state index contributed by atoms with van der Waals surface area (Å²) in [5, 5.41) is 10.7. The number of benzene rings is 1. The third-order valence-corrected chi connectivity index (χ3v) is 5.16. The third kappa shape index (κ3) is 3.70. The second-order valence-corrected chi connectivity index (χ2v) is 6.95. The molecule has 0 amide bonds. The van der Waals surface area contributed by atoms with Crippen LogP contribution < -0.4 is 4.72 Å². The number of hydrogen-bond acceptors (Lipinski definition) is 5. The second-order valence-electron chi connectivity index (χ2n) is 4.83. The van der Waals surface area contributed by atoms with Gasteiger partial charge in [0, 0.05) is 18.7 Å². The number of sulfonamides is 1. The number of nitrogens with one attached hydrogen (secondary N) is 1. The Bertz CT molecular complexity index is 643. The highest BCUT2D eigenvalue weighted by Crippen LogP contribution is 2.27. The second kappa shape index (κ2) is 6.27. The van der Waals surface area contributed by atoms with E-state index >= 15 is 0 Å². The van der Waals surface area contributed by atoms with Crippen LogP contribution in [0.5, 0.6) is 0 Å². The van der Waals surface area contributed by atoms with Crippen LogP contribution >= 0.6 is 11.6 Å². The molecule has 2 unspecified atom stereocenters. The summed E-state index contributed by atoms with van der Waals surface area (Å²) >= 11 is 5.67. The first kappa shape index (κ1) is 16.2. The Morgan fingerprint density at radius 2 is 2.24 bits per heavy atom. The number of nitro groups is 1. The molecule has 1 N–H and O–H groups in total. The number of nitro benzene ring substituents is 1. The van der Waals surface area contributed by atoms with E-state index in [9.17, 15) is 18.5 Å². The van der Waals surface area contributed by atoms with Crippen LogP contribution in [-0.4, -0.2) is 32.1 Å². The maximum Gasteiger partial charge on any atom is 0.289 e. The van der Waals surface area contributed by atoms with Gasteiger partial charge in [0.05, 0.1) is 15.9 Å². The first-order chi connectivity index (χ1) is 9.81. The van der Waals surface area contributed by atoms with E-state index in [2.05, 4.69) is 4.72 Å². The number of rotatable bonds is 5. The Kier molecular flexibility index (Phi) is 4.82.